The molecule has 4 rings (SSSR count). The normalized spacial score (nSPS) is 21.9. The molecule has 2 fully saturated rings. The van der Waals surface area contributed by atoms with E-state index in [9.17, 15) is 13.6 Å². The molecule has 8 heteroatoms. The molecule has 1 unspecified atom stereocenters. The van der Waals surface area contributed by atoms with Crippen LogP contribution in [0.3, 0.4) is 0 Å². The third-order valence-electron chi connectivity index (χ3n) is 6.34. The van der Waals surface area contributed by atoms with Crippen molar-refractivity contribution in [3.8, 4) is 0 Å². The number of carbonyl (C=O) groups is 1. The molecule has 1 aromatic heterocycles. The van der Waals surface area contributed by atoms with Gasteiger partial charge < -0.3 is 15.5 Å². The van der Waals surface area contributed by atoms with Crippen molar-refractivity contribution in [1.29, 1.82) is 0 Å². The van der Waals surface area contributed by atoms with Crippen molar-refractivity contribution in [1.82, 2.24) is 15.6 Å². The predicted octanol–water partition coefficient (Wildman–Crippen LogP) is 4.24. The molecular formula is C22H27ClF2N4O. The second-order valence-electron chi connectivity index (χ2n) is 8.39. The van der Waals surface area contributed by atoms with E-state index in [1.165, 1.54) is 0 Å². The first-order valence-electron chi connectivity index (χ1n) is 10.5. The fourth-order valence-corrected chi connectivity index (χ4v) is 4.66. The van der Waals surface area contributed by atoms with Crippen molar-refractivity contribution in [3.05, 3.63) is 34.9 Å². The van der Waals surface area contributed by atoms with Crippen molar-refractivity contribution < 1.29 is 13.6 Å². The summed E-state index contributed by atoms with van der Waals surface area (Å²) in [5.74, 6) is -1.89. The Morgan fingerprint density at radius 2 is 2.00 bits per heavy atom. The maximum atomic E-state index is 13.3. The van der Waals surface area contributed by atoms with E-state index in [-0.39, 0.29) is 24.7 Å². The number of alkyl halides is 2. The highest BCUT2D eigenvalue weighted by Crippen LogP contribution is 2.36. The largest absolute Gasteiger partial charge is 0.355 e. The van der Waals surface area contributed by atoms with Crippen molar-refractivity contribution in [3.63, 3.8) is 0 Å². The van der Waals surface area contributed by atoms with Crippen LogP contribution in [0.15, 0.2) is 24.3 Å². The van der Waals surface area contributed by atoms with Gasteiger partial charge in [0.15, 0.2) is 0 Å². The van der Waals surface area contributed by atoms with Crippen LogP contribution in [0.4, 0.5) is 14.6 Å². The van der Waals surface area contributed by atoms with Gasteiger partial charge in [0.1, 0.15) is 5.82 Å². The number of carbonyl (C=O) groups excluding carboxylic acids is 1. The van der Waals surface area contributed by atoms with Gasteiger partial charge in [-0.1, -0.05) is 11.6 Å². The summed E-state index contributed by atoms with van der Waals surface area (Å²) in [5.41, 5.74) is 1.11. The predicted molar refractivity (Wildman–Crippen MR) is 116 cm³/mol. The van der Waals surface area contributed by atoms with Gasteiger partial charge in [0.05, 0.1) is 16.1 Å². The standard InChI is InChI=1S/C22H27ClF2N4O/c1-26-15-8-11-29(13-15)19-5-2-16-18(28-19)4-3-17(23)20(16)21(30)27-12-14-6-9-22(24,25)10-7-14/h2-5,14-15,26H,6-13H2,1H3,(H,27,30). The van der Waals surface area contributed by atoms with Gasteiger partial charge in [-0.05, 0) is 56.5 Å². The Balaban J connectivity index is 1.49. The molecule has 0 spiro atoms. The fourth-order valence-electron chi connectivity index (χ4n) is 4.41. The average molecular weight is 437 g/mol. The zero-order valence-corrected chi connectivity index (χ0v) is 17.8. The fraction of sp³-hybridized carbons (Fsp3) is 0.545. The molecule has 1 aliphatic carbocycles. The van der Waals surface area contributed by atoms with Gasteiger partial charge in [-0.2, -0.15) is 0 Å². The number of fused-ring (bicyclic) bond motifs is 1. The van der Waals surface area contributed by atoms with E-state index in [4.69, 9.17) is 16.6 Å². The van der Waals surface area contributed by atoms with Crippen molar-refractivity contribution in [2.45, 2.75) is 44.1 Å². The smallest absolute Gasteiger partial charge is 0.253 e. The van der Waals surface area contributed by atoms with Crippen LogP contribution in [-0.4, -0.2) is 49.5 Å². The van der Waals surface area contributed by atoms with Gasteiger partial charge in [0, 0.05) is 43.9 Å². The molecule has 0 bridgehead atoms. The zero-order valence-electron chi connectivity index (χ0n) is 17.1. The van der Waals surface area contributed by atoms with Gasteiger partial charge in [0.25, 0.3) is 5.91 Å². The summed E-state index contributed by atoms with van der Waals surface area (Å²) in [6.07, 6.45) is 1.69. The maximum absolute atomic E-state index is 13.3. The quantitative estimate of drug-likeness (QED) is 0.736. The van der Waals surface area contributed by atoms with E-state index in [1.807, 2.05) is 25.2 Å². The second kappa shape index (κ2) is 8.63. The highest BCUT2D eigenvalue weighted by molar-refractivity contribution is 6.35. The summed E-state index contributed by atoms with van der Waals surface area (Å²) in [6.45, 7) is 2.22. The lowest BCUT2D eigenvalue weighted by Crippen LogP contribution is -2.34. The number of rotatable bonds is 5. The summed E-state index contributed by atoms with van der Waals surface area (Å²) in [4.78, 5) is 19.9. The number of nitrogens with zero attached hydrogens (tertiary/aromatic N) is 2. The van der Waals surface area contributed by atoms with Crippen LogP contribution in [0.1, 0.15) is 42.5 Å². The summed E-state index contributed by atoms with van der Waals surface area (Å²) in [7, 11) is 1.97. The number of hydrogen-bond donors (Lipinski definition) is 2. The molecule has 162 valence electrons. The molecule has 1 amide bonds. The Bertz CT molecular complexity index is 929. The molecule has 5 nitrogen and oxygen atoms in total. The number of pyridine rings is 1. The Labute approximate surface area is 180 Å². The van der Waals surface area contributed by atoms with Gasteiger partial charge >= 0.3 is 0 Å². The lowest BCUT2D eigenvalue weighted by atomic mass is 9.87. The molecule has 1 saturated heterocycles. The molecule has 1 aliphatic heterocycles. The van der Waals surface area contributed by atoms with Crippen molar-refractivity contribution >= 4 is 34.2 Å². The van der Waals surface area contributed by atoms with Gasteiger partial charge in [0.2, 0.25) is 5.92 Å². The number of halogens is 3. The highest BCUT2D eigenvalue weighted by Gasteiger charge is 2.35. The number of amides is 1. The first-order chi connectivity index (χ1) is 14.4. The lowest BCUT2D eigenvalue weighted by molar-refractivity contribution is -0.0452. The van der Waals surface area contributed by atoms with Gasteiger partial charge in [-0.15, -0.1) is 0 Å². The monoisotopic (exact) mass is 436 g/mol. The average Bonchev–Trinajstić information content (AvgIpc) is 3.22. The summed E-state index contributed by atoms with van der Waals surface area (Å²) in [6, 6.07) is 7.79. The minimum atomic E-state index is -2.56. The Morgan fingerprint density at radius 3 is 2.70 bits per heavy atom. The maximum Gasteiger partial charge on any atom is 0.253 e. The van der Waals surface area contributed by atoms with Crippen LogP contribution < -0.4 is 15.5 Å². The van der Waals surface area contributed by atoms with E-state index in [0.29, 0.717) is 46.9 Å². The van der Waals surface area contributed by atoms with Gasteiger partial charge in [-0.25, -0.2) is 13.8 Å². The van der Waals surface area contributed by atoms with E-state index in [0.717, 1.165) is 25.3 Å². The molecule has 1 saturated carbocycles. The molecule has 2 aliphatic rings. The van der Waals surface area contributed by atoms with Crippen LogP contribution in [0.25, 0.3) is 10.9 Å². The second-order valence-corrected chi connectivity index (χ2v) is 8.80. The molecule has 2 heterocycles. The van der Waals surface area contributed by atoms with Crippen LogP contribution in [0, 0.1) is 5.92 Å². The molecule has 0 radical (unpaired) electrons. The summed E-state index contributed by atoms with van der Waals surface area (Å²) < 4.78 is 26.7. The van der Waals surface area contributed by atoms with Crippen LogP contribution in [0.5, 0.6) is 0 Å². The number of benzene rings is 1. The molecule has 30 heavy (non-hydrogen) atoms. The number of nitrogens with one attached hydrogen (secondary N) is 2. The SMILES string of the molecule is CNC1CCN(c2ccc3c(C(=O)NCC4CCC(F)(F)CC4)c(Cl)ccc3n2)C1. The van der Waals surface area contributed by atoms with Crippen molar-refractivity contribution in [2.24, 2.45) is 5.92 Å². The van der Waals surface area contributed by atoms with Gasteiger partial charge in [-0.3, -0.25) is 4.79 Å². The third-order valence-corrected chi connectivity index (χ3v) is 6.66. The van der Waals surface area contributed by atoms with E-state index in [2.05, 4.69) is 15.5 Å². The zero-order chi connectivity index (χ0) is 21.3. The van der Waals surface area contributed by atoms with E-state index < -0.39 is 5.92 Å². The minimum Gasteiger partial charge on any atom is -0.355 e. The van der Waals surface area contributed by atoms with Crippen LogP contribution in [-0.2, 0) is 0 Å². The van der Waals surface area contributed by atoms with Crippen LogP contribution in [0.2, 0.25) is 5.02 Å². The Morgan fingerprint density at radius 1 is 1.23 bits per heavy atom. The third kappa shape index (κ3) is 4.52. The number of hydrogen-bond acceptors (Lipinski definition) is 4. The van der Waals surface area contributed by atoms with Crippen LogP contribution >= 0.6 is 11.6 Å². The molecule has 2 N–H and O–H groups in total. The Hall–Kier alpha value is -1.99. The summed E-state index contributed by atoms with van der Waals surface area (Å²) >= 11 is 6.36. The highest BCUT2D eigenvalue weighted by atomic mass is 35.5. The first-order valence-corrected chi connectivity index (χ1v) is 10.9. The summed E-state index contributed by atoms with van der Waals surface area (Å²) in [5, 5.41) is 7.25. The molecule has 1 aromatic carbocycles. The number of likely N-dealkylation sites (N-methyl/N-ethyl adjacent to an activating group) is 1. The van der Waals surface area contributed by atoms with Crippen molar-refractivity contribution in [2.75, 3.05) is 31.6 Å². The number of aromatic nitrogens is 1. The molecular weight excluding hydrogens is 410 g/mol. The van der Waals surface area contributed by atoms with E-state index >= 15 is 0 Å². The lowest BCUT2D eigenvalue weighted by Gasteiger charge is -2.28. The number of anilines is 1. The topological polar surface area (TPSA) is 57.3 Å². The Kier molecular flexibility index (Phi) is 6.11. The minimum absolute atomic E-state index is 0.0716. The molecule has 1 atom stereocenters. The van der Waals surface area contributed by atoms with E-state index in [1.54, 1.807) is 6.07 Å². The molecule has 2 aromatic rings. The first kappa shape index (κ1) is 21.2.